The molecule has 1 atom stereocenters. The minimum Gasteiger partial charge on any atom is -0.308 e. The molecule has 0 spiro atoms. The Labute approximate surface area is 116 Å². The highest BCUT2D eigenvalue weighted by Crippen LogP contribution is 2.25. The van der Waals surface area contributed by atoms with Crippen molar-refractivity contribution in [2.75, 3.05) is 18.5 Å². The standard InChI is InChI=1S/C15H26N4/c1-12(2)13-5-4-9-19(10-8-13)11-14-6-3-7-15(17-14)18-16/h3,6-7,12-13H,4-5,8-11,16H2,1-2H3,(H,17,18). The van der Waals surface area contributed by atoms with Gasteiger partial charge < -0.3 is 5.43 Å². The Morgan fingerprint density at radius 2 is 2.21 bits per heavy atom. The minimum absolute atomic E-state index is 0.743. The second-order valence-electron chi connectivity index (χ2n) is 5.87. The number of aromatic nitrogens is 1. The fourth-order valence-corrected chi connectivity index (χ4v) is 2.88. The number of nitrogens with zero attached hydrogens (tertiary/aromatic N) is 2. The number of nitrogens with one attached hydrogen (secondary N) is 1. The number of hydrazine groups is 1. The van der Waals surface area contributed by atoms with Gasteiger partial charge in [0.25, 0.3) is 0 Å². The smallest absolute Gasteiger partial charge is 0.140 e. The average Bonchev–Trinajstić information content (AvgIpc) is 2.65. The lowest BCUT2D eigenvalue weighted by Crippen LogP contribution is -2.25. The van der Waals surface area contributed by atoms with E-state index < -0.39 is 0 Å². The van der Waals surface area contributed by atoms with E-state index >= 15 is 0 Å². The summed E-state index contributed by atoms with van der Waals surface area (Å²) in [6, 6.07) is 5.97. The van der Waals surface area contributed by atoms with E-state index in [1.54, 1.807) is 0 Å². The number of nitrogens with two attached hydrogens (primary N) is 1. The van der Waals surface area contributed by atoms with E-state index in [2.05, 4.69) is 35.2 Å². The molecule has 0 saturated carbocycles. The quantitative estimate of drug-likeness (QED) is 0.647. The van der Waals surface area contributed by atoms with E-state index in [0.29, 0.717) is 0 Å². The maximum absolute atomic E-state index is 5.40. The van der Waals surface area contributed by atoms with Gasteiger partial charge in [-0.05, 0) is 56.3 Å². The first-order chi connectivity index (χ1) is 9.19. The molecular weight excluding hydrogens is 236 g/mol. The Bertz CT molecular complexity index is 391. The summed E-state index contributed by atoms with van der Waals surface area (Å²) >= 11 is 0. The van der Waals surface area contributed by atoms with Crippen molar-refractivity contribution in [2.24, 2.45) is 17.7 Å². The van der Waals surface area contributed by atoms with Gasteiger partial charge in [-0.1, -0.05) is 19.9 Å². The fourth-order valence-electron chi connectivity index (χ4n) is 2.88. The molecule has 4 heteroatoms. The largest absolute Gasteiger partial charge is 0.308 e. The Morgan fingerprint density at radius 3 is 2.95 bits per heavy atom. The lowest BCUT2D eigenvalue weighted by atomic mass is 9.89. The van der Waals surface area contributed by atoms with Crippen molar-refractivity contribution in [3.63, 3.8) is 0 Å². The maximum atomic E-state index is 5.40. The second-order valence-corrected chi connectivity index (χ2v) is 5.87. The van der Waals surface area contributed by atoms with Gasteiger partial charge in [-0.15, -0.1) is 0 Å². The van der Waals surface area contributed by atoms with Gasteiger partial charge >= 0.3 is 0 Å². The monoisotopic (exact) mass is 262 g/mol. The molecule has 106 valence electrons. The zero-order valence-corrected chi connectivity index (χ0v) is 12.1. The Hall–Kier alpha value is -1.13. The van der Waals surface area contributed by atoms with Gasteiger partial charge in [0.2, 0.25) is 0 Å². The van der Waals surface area contributed by atoms with Crippen LogP contribution in [-0.4, -0.2) is 23.0 Å². The van der Waals surface area contributed by atoms with E-state index in [-0.39, 0.29) is 0 Å². The van der Waals surface area contributed by atoms with Crippen molar-refractivity contribution >= 4 is 5.82 Å². The first-order valence-electron chi connectivity index (χ1n) is 7.34. The van der Waals surface area contributed by atoms with Gasteiger partial charge in [0.05, 0.1) is 5.69 Å². The third-order valence-electron chi connectivity index (χ3n) is 4.15. The normalized spacial score (nSPS) is 21.4. The van der Waals surface area contributed by atoms with E-state index in [1.807, 2.05) is 12.1 Å². The number of hydrogen-bond acceptors (Lipinski definition) is 4. The van der Waals surface area contributed by atoms with Gasteiger partial charge in [0.15, 0.2) is 0 Å². The molecule has 2 heterocycles. The summed E-state index contributed by atoms with van der Waals surface area (Å²) in [4.78, 5) is 7.01. The van der Waals surface area contributed by atoms with Gasteiger partial charge in [0, 0.05) is 6.54 Å². The number of likely N-dealkylation sites (tertiary alicyclic amines) is 1. The molecule has 1 unspecified atom stereocenters. The molecular formula is C15H26N4. The highest BCUT2D eigenvalue weighted by atomic mass is 15.3. The SMILES string of the molecule is CC(C)C1CCCN(Cc2cccc(NN)n2)CC1. The van der Waals surface area contributed by atoms with Crippen LogP contribution >= 0.6 is 0 Å². The summed E-state index contributed by atoms with van der Waals surface area (Å²) in [6.07, 6.45) is 3.98. The molecule has 4 nitrogen and oxygen atoms in total. The molecule has 19 heavy (non-hydrogen) atoms. The van der Waals surface area contributed by atoms with Gasteiger partial charge in [-0.2, -0.15) is 0 Å². The molecule has 2 rings (SSSR count). The molecule has 0 amide bonds. The van der Waals surface area contributed by atoms with Crippen LogP contribution in [0.2, 0.25) is 0 Å². The molecule has 0 aliphatic carbocycles. The highest BCUT2D eigenvalue weighted by Gasteiger charge is 2.19. The molecule has 1 aromatic rings. The van der Waals surface area contributed by atoms with Crippen molar-refractivity contribution in [3.05, 3.63) is 23.9 Å². The molecule has 0 radical (unpaired) electrons. The minimum atomic E-state index is 0.743. The Kier molecular flexibility index (Phi) is 5.16. The van der Waals surface area contributed by atoms with Crippen molar-refractivity contribution in [1.82, 2.24) is 9.88 Å². The number of rotatable bonds is 4. The van der Waals surface area contributed by atoms with Crippen LogP contribution in [-0.2, 0) is 6.54 Å². The zero-order valence-electron chi connectivity index (χ0n) is 12.1. The number of nitrogen functional groups attached to an aromatic ring is 1. The molecule has 1 fully saturated rings. The summed E-state index contributed by atoms with van der Waals surface area (Å²) in [5.74, 6) is 7.84. The van der Waals surface area contributed by atoms with E-state index in [9.17, 15) is 0 Å². The lowest BCUT2D eigenvalue weighted by molar-refractivity contribution is 0.262. The zero-order chi connectivity index (χ0) is 13.7. The molecule has 1 aromatic heterocycles. The van der Waals surface area contributed by atoms with Gasteiger partial charge in [-0.3, -0.25) is 4.90 Å². The number of anilines is 1. The predicted octanol–water partition coefficient (Wildman–Crippen LogP) is 2.63. The van der Waals surface area contributed by atoms with Crippen molar-refractivity contribution in [1.29, 1.82) is 0 Å². The Morgan fingerprint density at radius 1 is 1.37 bits per heavy atom. The molecule has 1 aliphatic heterocycles. The molecule has 1 saturated heterocycles. The summed E-state index contributed by atoms with van der Waals surface area (Å²) < 4.78 is 0. The van der Waals surface area contributed by atoms with Crippen LogP contribution in [0.4, 0.5) is 5.82 Å². The molecule has 1 aliphatic rings. The first-order valence-corrected chi connectivity index (χ1v) is 7.34. The summed E-state index contributed by atoms with van der Waals surface area (Å²) in [5.41, 5.74) is 3.71. The molecule has 3 N–H and O–H groups in total. The van der Waals surface area contributed by atoms with Crippen LogP contribution in [0.15, 0.2) is 18.2 Å². The van der Waals surface area contributed by atoms with Crippen LogP contribution in [0.25, 0.3) is 0 Å². The number of pyridine rings is 1. The lowest BCUT2D eigenvalue weighted by Gasteiger charge is -2.21. The Balaban J connectivity index is 1.92. The van der Waals surface area contributed by atoms with Crippen LogP contribution in [0.1, 0.15) is 38.8 Å². The molecule has 0 bridgehead atoms. The number of hydrogen-bond donors (Lipinski definition) is 2. The highest BCUT2D eigenvalue weighted by molar-refractivity contribution is 5.33. The summed E-state index contributed by atoms with van der Waals surface area (Å²) in [5, 5.41) is 0. The van der Waals surface area contributed by atoms with Gasteiger partial charge in [-0.25, -0.2) is 10.8 Å². The summed E-state index contributed by atoms with van der Waals surface area (Å²) in [7, 11) is 0. The van der Waals surface area contributed by atoms with E-state index in [4.69, 9.17) is 5.84 Å². The average molecular weight is 262 g/mol. The molecule has 0 aromatic carbocycles. The first kappa shape index (κ1) is 14.3. The van der Waals surface area contributed by atoms with Gasteiger partial charge in [0.1, 0.15) is 5.82 Å². The maximum Gasteiger partial charge on any atom is 0.140 e. The van der Waals surface area contributed by atoms with E-state index in [1.165, 1.54) is 32.4 Å². The predicted molar refractivity (Wildman–Crippen MR) is 79.5 cm³/mol. The third kappa shape index (κ3) is 4.18. The summed E-state index contributed by atoms with van der Waals surface area (Å²) in [6.45, 7) is 7.99. The van der Waals surface area contributed by atoms with Crippen LogP contribution in [0.3, 0.4) is 0 Å². The van der Waals surface area contributed by atoms with E-state index in [0.717, 1.165) is 29.9 Å². The van der Waals surface area contributed by atoms with Crippen LogP contribution < -0.4 is 11.3 Å². The van der Waals surface area contributed by atoms with Crippen molar-refractivity contribution in [3.8, 4) is 0 Å². The van der Waals surface area contributed by atoms with Crippen molar-refractivity contribution in [2.45, 2.75) is 39.7 Å². The fraction of sp³-hybridized carbons (Fsp3) is 0.667. The third-order valence-corrected chi connectivity index (χ3v) is 4.15. The second kappa shape index (κ2) is 6.87. The van der Waals surface area contributed by atoms with Crippen LogP contribution in [0.5, 0.6) is 0 Å². The van der Waals surface area contributed by atoms with Crippen LogP contribution in [0, 0.1) is 11.8 Å². The van der Waals surface area contributed by atoms with Crippen molar-refractivity contribution < 1.29 is 0 Å². The topological polar surface area (TPSA) is 54.2 Å².